The Hall–Kier alpha value is -2.38. The molecule has 0 radical (unpaired) electrons. The second kappa shape index (κ2) is 6.39. The van der Waals surface area contributed by atoms with Crippen molar-refractivity contribution in [1.82, 2.24) is 9.80 Å². The molecule has 0 aromatic heterocycles. The molecule has 0 aliphatic carbocycles. The summed E-state index contributed by atoms with van der Waals surface area (Å²) >= 11 is 0. The molecule has 0 bridgehead atoms. The Balaban J connectivity index is 2.14. The molecule has 0 aromatic rings. The molecular formula is C15H20N4O4. The lowest BCUT2D eigenvalue weighted by molar-refractivity contribution is -0.135. The van der Waals surface area contributed by atoms with Gasteiger partial charge in [-0.2, -0.15) is 4.99 Å². The first-order chi connectivity index (χ1) is 10.8. The normalized spacial score (nSPS) is 23.2. The number of rotatable bonds is 7. The highest BCUT2D eigenvalue weighted by Crippen LogP contribution is 2.29. The summed E-state index contributed by atoms with van der Waals surface area (Å²) in [6, 6.07) is -0.646. The first kappa shape index (κ1) is 17.0. The van der Waals surface area contributed by atoms with Crippen LogP contribution in [-0.2, 0) is 14.4 Å². The third kappa shape index (κ3) is 3.20. The molecule has 0 fully saturated rings. The van der Waals surface area contributed by atoms with Crippen LogP contribution in [0.2, 0.25) is 0 Å². The molecule has 0 saturated carbocycles. The van der Waals surface area contributed by atoms with Gasteiger partial charge in [0, 0.05) is 13.0 Å². The minimum atomic E-state index is -1.22. The number of nitrogens with zero attached hydrogens (tertiary/aromatic N) is 4. The van der Waals surface area contributed by atoms with Gasteiger partial charge in [-0.15, -0.1) is 0 Å². The van der Waals surface area contributed by atoms with Gasteiger partial charge in [-0.3, -0.25) is 14.5 Å². The van der Waals surface area contributed by atoms with Crippen molar-refractivity contribution in [2.75, 3.05) is 13.1 Å². The predicted molar refractivity (Wildman–Crippen MR) is 83.4 cm³/mol. The van der Waals surface area contributed by atoms with E-state index in [0.29, 0.717) is 19.3 Å². The van der Waals surface area contributed by atoms with Gasteiger partial charge in [0.05, 0.1) is 12.9 Å². The summed E-state index contributed by atoms with van der Waals surface area (Å²) in [6.07, 6.45) is 2.94. The lowest BCUT2D eigenvalue weighted by Gasteiger charge is -2.38. The van der Waals surface area contributed by atoms with E-state index in [4.69, 9.17) is 0 Å². The van der Waals surface area contributed by atoms with Gasteiger partial charge in [0.1, 0.15) is 11.6 Å². The van der Waals surface area contributed by atoms with Crippen LogP contribution < -0.4 is 0 Å². The molecule has 0 aromatic carbocycles. The summed E-state index contributed by atoms with van der Waals surface area (Å²) in [4.78, 5) is 57.6. The highest BCUT2D eigenvalue weighted by Gasteiger charge is 2.53. The predicted octanol–water partition coefficient (Wildman–Crippen LogP) is 0.798. The lowest BCUT2D eigenvalue weighted by atomic mass is 9.95. The smallest absolute Gasteiger partial charge is 0.334 e. The average Bonchev–Trinajstić information content (AvgIpc) is 2.75. The quantitative estimate of drug-likeness (QED) is 0.646. The van der Waals surface area contributed by atoms with Gasteiger partial charge >= 0.3 is 6.03 Å². The van der Waals surface area contributed by atoms with Crippen molar-refractivity contribution in [2.45, 2.75) is 45.6 Å². The molecule has 23 heavy (non-hydrogen) atoms. The van der Waals surface area contributed by atoms with E-state index in [1.54, 1.807) is 6.92 Å². The Morgan fingerprint density at radius 1 is 1.17 bits per heavy atom. The Morgan fingerprint density at radius 2 is 1.87 bits per heavy atom. The topological polar surface area (TPSA) is 99.5 Å². The SMILES string of the molecule is CC(=O)CCCCN1C(=O)N=C2N=CN(CC(C)=O)C2(C)C1=O. The second-order valence-corrected chi connectivity index (χ2v) is 5.98. The molecule has 0 spiro atoms. The van der Waals surface area contributed by atoms with Crippen LogP contribution in [0.5, 0.6) is 0 Å². The van der Waals surface area contributed by atoms with Crippen molar-refractivity contribution in [3.8, 4) is 0 Å². The number of amidine groups is 1. The molecule has 8 nitrogen and oxygen atoms in total. The number of unbranched alkanes of at least 4 members (excludes halogenated alkanes) is 1. The number of ketones is 2. The number of aliphatic imine (C=N–C) groups is 2. The van der Waals surface area contributed by atoms with E-state index in [1.807, 2.05) is 0 Å². The van der Waals surface area contributed by atoms with E-state index in [9.17, 15) is 19.2 Å². The van der Waals surface area contributed by atoms with E-state index < -0.39 is 17.5 Å². The third-order valence-electron chi connectivity index (χ3n) is 3.98. The van der Waals surface area contributed by atoms with Crippen molar-refractivity contribution < 1.29 is 19.2 Å². The number of amides is 3. The van der Waals surface area contributed by atoms with Gasteiger partial charge < -0.3 is 9.69 Å². The number of carbonyl (C=O) groups excluding carboxylic acids is 4. The van der Waals surface area contributed by atoms with Crippen LogP contribution in [0.15, 0.2) is 9.98 Å². The first-order valence-corrected chi connectivity index (χ1v) is 7.51. The Labute approximate surface area is 134 Å². The number of urea groups is 1. The second-order valence-electron chi connectivity index (χ2n) is 5.98. The monoisotopic (exact) mass is 320 g/mol. The van der Waals surface area contributed by atoms with E-state index in [-0.39, 0.29) is 30.5 Å². The zero-order valence-corrected chi connectivity index (χ0v) is 13.5. The van der Waals surface area contributed by atoms with Crippen LogP contribution in [0.25, 0.3) is 0 Å². The fourth-order valence-electron chi connectivity index (χ4n) is 2.63. The zero-order chi connectivity index (χ0) is 17.2. The van der Waals surface area contributed by atoms with Gasteiger partial charge in [0.15, 0.2) is 11.4 Å². The maximum atomic E-state index is 12.8. The molecule has 2 aliphatic rings. The van der Waals surface area contributed by atoms with Gasteiger partial charge in [-0.05, 0) is 33.6 Å². The van der Waals surface area contributed by atoms with Crippen molar-refractivity contribution in [2.24, 2.45) is 9.98 Å². The Kier molecular flexibility index (Phi) is 4.72. The molecule has 1 atom stereocenters. The van der Waals surface area contributed by atoms with E-state index in [0.717, 1.165) is 4.90 Å². The summed E-state index contributed by atoms with van der Waals surface area (Å²) < 4.78 is 0. The number of hydrogen-bond acceptors (Lipinski definition) is 6. The largest absolute Gasteiger partial charge is 0.352 e. The van der Waals surface area contributed by atoms with E-state index in [1.165, 1.54) is 25.1 Å². The van der Waals surface area contributed by atoms with Gasteiger partial charge in [-0.1, -0.05) is 0 Å². The summed E-state index contributed by atoms with van der Waals surface area (Å²) in [5.41, 5.74) is -1.22. The van der Waals surface area contributed by atoms with Crippen LogP contribution in [0, 0.1) is 0 Å². The molecule has 8 heteroatoms. The number of carbonyl (C=O) groups is 4. The maximum absolute atomic E-state index is 12.8. The van der Waals surface area contributed by atoms with Crippen LogP contribution in [-0.4, -0.2) is 64.1 Å². The third-order valence-corrected chi connectivity index (χ3v) is 3.98. The zero-order valence-electron chi connectivity index (χ0n) is 13.5. The lowest BCUT2D eigenvalue weighted by Crippen LogP contribution is -2.63. The fourth-order valence-corrected chi connectivity index (χ4v) is 2.63. The van der Waals surface area contributed by atoms with Gasteiger partial charge in [0.25, 0.3) is 5.91 Å². The van der Waals surface area contributed by atoms with Crippen LogP contribution in [0.1, 0.15) is 40.0 Å². The van der Waals surface area contributed by atoms with Crippen molar-refractivity contribution in [3.63, 3.8) is 0 Å². The van der Waals surface area contributed by atoms with Crippen molar-refractivity contribution >= 4 is 35.7 Å². The molecule has 0 N–H and O–H groups in total. The number of fused-ring (bicyclic) bond motifs is 1. The van der Waals surface area contributed by atoms with Crippen LogP contribution in [0.4, 0.5) is 4.79 Å². The Bertz CT molecular complexity index is 625. The summed E-state index contributed by atoms with van der Waals surface area (Å²) in [7, 11) is 0. The van der Waals surface area contributed by atoms with Gasteiger partial charge in [-0.25, -0.2) is 9.79 Å². The number of imide groups is 1. The Morgan fingerprint density at radius 3 is 2.48 bits per heavy atom. The molecule has 3 amide bonds. The summed E-state index contributed by atoms with van der Waals surface area (Å²) in [5, 5.41) is 0. The minimum absolute atomic E-state index is 0.0249. The molecule has 1 unspecified atom stereocenters. The molecule has 0 saturated heterocycles. The fraction of sp³-hybridized carbons (Fsp3) is 0.600. The maximum Gasteiger partial charge on any atom is 0.352 e. The molecule has 124 valence electrons. The van der Waals surface area contributed by atoms with E-state index in [2.05, 4.69) is 9.98 Å². The first-order valence-electron chi connectivity index (χ1n) is 7.51. The molecular weight excluding hydrogens is 300 g/mol. The molecule has 2 heterocycles. The number of Topliss-reactive ketones (excluding diaryl/α,β-unsaturated/α-hetero) is 2. The average molecular weight is 320 g/mol. The molecule has 2 aliphatic heterocycles. The molecule has 2 rings (SSSR count). The van der Waals surface area contributed by atoms with Crippen LogP contribution >= 0.6 is 0 Å². The van der Waals surface area contributed by atoms with Gasteiger partial charge in [0.2, 0.25) is 0 Å². The van der Waals surface area contributed by atoms with Crippen molar-refractivity contribution in [3.05, 3.63) is 0 Å². The highest BCUT2D eigenvalue weighted by molar-refractivity contribution is 6.26. The van der Waals surface area contributed by atoms with E-state index >= 15 is 0 Å². The summed E-state index contributed by atoms with van der Waals surface area (Å²) in [5.74, 6) is -0.357. The highest BCUT2D eigenvalue weighted by atomic mass is 16.2. The summed E-state index contributed by atoms with van der Waals surface area (Å²) in [6.45, 7) is 4.76. The van der Waals surface area contributed by atoms with Crippen LogP contribution in [0.3, 0.4) is 0 Å². The van der Waals surface area contributed by atoms with Crippen molar-refractivity contribution in [1.29, 1.82) is 0 Å². The standard InChI is InChI=1S/C15H20N4O4/c1-10(20)6-4-5-7-19-13(22)15(3)12(17-14(19)23)16-9-18(15)8-11(2)21/h9H,4-8H2,1-3H3. The number of hydrogen-bond donors (Lipinski definition) is 0. The minimum Gasteiger partial charge on any atom is -0.334 e.